The molecule has 0 saturated heterocycles. The topological polar surface area (TPSA) is 75.2 Å². The molecule has 0 aliphatic rings. The molecule has 0 amide bonds. The average molecular weight is 329 g/mol. The van der Waals surface area contributed by atoms with Crippen LogP contribution in [0.3, 0.4) is 0 Å². The van der Waals surface area contributed by atoms with Crippen molar-refractivity contribution < 1.29 is 19.0 Å². The molecule has 0 spiro atoms. The lowest BCUT2D eigenvalue weighted by Gasteiger charge is -2.02. The molecule has 100 valence electrons. The van der Waals surface area contributed by atoms with Crippen molar-refractivity contribution in [2.24, 2.45) is 0 Å². The zero-order valence-electron chi connectivity index (χ0n) is 9.91. The van der Waals surface area contributed by atoms with Crippen molar-refractivity contribution in [1.29, 1.82) is 0 Å². The third kappa shape index (κ3) is 2.93. The number of ether oxygens (including phenoxy) is 1. The minimum absolute atomic E-state index is 0.139. The summed E-state index contributed by atoms with van der Waals surface area (Å²) in [7, 11) is 1.38. The summed E-state index contributed by atoms with van der Waals surface area (Å²) in [6, 6.07) is 4.39. The Morgan fingerprint density at radius 1 is 1.58 bits per heavy atom. The number of aliphatic carboxylic acids is 1. The van der Waals surface area contributed by atoms with Gasteiger partial charge in [-0.3, -0.25) is 4.79 Å². The van der Waals surface area contributed by atoms with E-state index in [0.29, 0.717) is 21.7 Å². The highest BCUT2D eigenvalue weighted by Crippen LogP contribution is 2.26. The van der Waals surface area contributed by atoms with Crippen LogP contribution in [-0.2, 0) is 11.2 Å². The largest absolute Gasteiger partial charge is 0.494 e. The molecule has 1 aromatic heterocycles. The van der Waals surface area contributed by atoms with Crippen molar-refractivity contribution in [2.45, 2.75) is 6.42 Å². The molecule has 0 radical (unpaired) electrons. The van der Waals surface area contributed by atoms with Crippen LogP contribution in [0.2, 0.25) is 0 Å². The summed E-state index contributed by atoms with van der Waals surface area (Å²) in [5.41, 5.74) is 0.939. The number of nitrogens with one attached hydrogen (secondary N) is 1. The number of aromatic nitrogens is 2. The van der Waals surface area contributed by atoms with Gasteiger partial charge in [-0.1, -0.05) is 0 Å². The molecule has 2 rings (SSSR count). The fourth-order valence-electron chi connectivity index (χ4n) is 1.61. The Kier molecular flexibility index (Phi) is 3.84. The first-order valence-corrected chi connectivity index (χ1v) is 6.10. The lowest BCUT2D eigenvalue weighted by Crippen LogP contribution is -2.00. The molecule has 2 N–H and O–H groups in total. The van der Waals surface area contributed by atoms with Gasteiger partial charge in [-0.05, 0) is 34.1 Å². The van der Waals surface area contributed by atoms with E-state index in [-0.39, 0.29) is 12.2 Å². The lowest BCUT2D eigenvalue weighted by atomic mass is 10.2. The van der Waals surface area contributed by atoms with Crippen LogP contribution >= 0.6 is 15.9 Å². The highest BCUT2D eigenvalue weighted by Gasteiger charge is 2.13. The van der Waals surface area contributed by atoms with Gasteiger partial charge in [0.05, 0.1) is 19.2 Å². The van der Waals surface area contributed by atoms with Crippen molar-refractivity contribution in [2.75, 3.05) is 7.11 Å². The van der Waals surface area contributed by atoms with Gasteiger partial charge in [0.2, 0.25) is 0 Å². The van der Waals surface area contributed by atoms with E-state index >= 15 is 0 Å². The molecule has 1 aromatic carbocycles. The molecular weight excluding hydrogens is 319 g/mol. The number of hydrogen-bond donors (Lipinski definition) is 2. The smallest absolute Gasteiger partial charge is 0.309 e. The molecule has 7 heteroatoms. The zero-order valence-corrected chi connectivity index (χ0v) is 11.5. The Labute approximate surface area is 116 Å². The van der Waals surface area contributed by atoms with Crippen LogP contribution in [0.1, 0.15) is 5.69 Å². The molecule has 19 heavy (non-hydrogen) atoms. The van der Waals surface area contributed by atoms with Crippen LogP contribution < -0.4 is 4.74 Å². The number of benzene rings is 1. The second-order valence-electron chi connectivity index (χ2n) is 3.77. The van der Waals surface area contributed by atoms with Gasteiger partial charge in [0.1, 0.15) is 10.4 Å². The molecule has 0 atom stereocenters. The van der Waals surface area contributed by atoms with Crippen LogP contribution in [0.25, 0.3) is 11.4 Å². The molecule has 2 aromatic rings. The standard InChI is InChI=1S/C12H10BrFN2O3/c1-19-9-3-2-6(4-7(9)14)12-15-8(5-10(17)18)11(13)16-12/h2-4H,5H2,1H3,(H,15,16)(H,17,18). The number of aromatic amines is 1. The van der Waals surface area contributed by atoms with E-state index in [2.05, 4.69) is 25.9 Å². The fraction of sp³-hybridized carbons (Fsp3) is 0.167. The second-order valence-corrected chi connectivity index (χ2v) is 4.53. The van der Waals surface area contributed by atoms with Crippen molar-refractivity contribution >= 4 is 21.9 Å². The zero-order chi connectivity index (χ0) is 14.0. The monoisotopic (exact) mass is 328 g/mol. The van der Waals surface area contributed by atoms with Crippen molar-refractivity contribution in [3.63, 3.8) is 0 Å². The van der Waals surface area contributed by atoms with E-state index in [1.807, 2.05) is 0 Å². The van der Waals surface area contributed by atoms with Gasteiger partial charge in [0.15, 0.2) is 11.6 Å². The highest BCUT2D eigenvalue weighted by molar-refractivity contribution is 9.10. The van der Waals surface area contributed by atoms with Gasteiger partial charge in [0, 0.05) is 5.56 Å². The Hall–Kier alpha value is -1.89. The Morgan fingerprint density at radius 2 is 2.32 bits per heavy atom. The summed E-state index contributed by atoms with van der Waals surface area (Å²) in [5.74, 6) is -0.950. The van der Waals surface area contributed by atoms with Crippen molar-refractivity contribution in [1.82, 2.24) is 9.97 Å². The molecule has 0 aliphatic carbocycles. The normalized spacial score (nSPS) is 10.5. The van der Waals surface area contributed by atoms with Crippen LogP contribution in [-0.4, -0.2) is 28.2 Å². The summed E-state index contributed by atoms with van der Waals surface area (Å²) < 4.78 is 18.8. The minimum atomic E-state index is -0.975. The number of carboxylic acid groups (broad SMARTS) is 1. The van der Waals surface area contributed by atoms with Crippen LogP contribution in [0, 0.1) is 5.82 Å². The minimum Gasteiger partial charge on any atom is -0.494 e. The van der Waals surface area contributed by atoms with Gasteiger partial charge in [-0.15, -0.1) is 0 Å². The molecule has 0 saturated carbocycles. The number of methoxy groups -OCH3 is 1. The summed E-state index contributed by atoms with van der Waals surface area (Å²) in [4.78, 5) is 17.6. The van der Waals surface area contributed by atoms with E-state index in [4.69, 9.17) is 9.84 Å². The predicted octanol–water partition coefficient (Wildman–Crippen LogP) is 2.61. The number of carbonyl (C=O) groups is 1. The highest BCUT2D eigenvalue weighted by atomic mass is 79.9. The first-order chi connectivity index (χ1) is 9.01. The van der Waals surface area contributed by atoms with Crippen LogP contribution in [0.4, 0.5) is 4.39 Å². The predicted molar refractivity (Wildman–Crippen MR) is 69.6 cm³/mol. The molecule has 5 nitrogen and oxygen atoms in total. The Bertz CT molecular complexity index is 627. The van der Waals surface area contributed by atoms with Crippen LogP contribution in [0.15, 0.2) is 22.8 Å². The number of H-pyrrole nitrogens is 1. The number of hydrogen-bond acceptors (Lipinski definition) is 3. The maximum Gasteiger partial charge on any atom is 0.309 e. The second kappa shape index (κ2) is 5.40. The summed E-state index contributed by atoms with van der Waals surface area (Å²) in [6.07, 6.45) is -0.188. The molecule has 0 aliphatic heterocycles. The first kappa shape index (κ1) is 13.5. The SMILES string of the molecule is COc1ccc(-c2nc(Br)c(CC(=O)O)[nH]2)cc1F. The van der Waals surface area contributed by atoms with Gasteiger partial charge in [-0.2, -0.15) is 0 Å². The van der Waals surface area contributed by atoms with Crippen LogP contribution in [0.5, 0.6) is 5.75 Å². The van der Waals surface area contributed by atoms with Gasteiger partial charge in [-0.25, -0.2) is 9.37 Å². The van der Waals surface area contributed by atoms with Crippen molar-refractivity contribution in [3.8, 4) is 17.1 Å². The fourth-order valence-corrected chi connectivity index (χ4v) is 2.02. The molecular formula is C12H10BrFN2O3. The summed E-state index contributed by atoms with van der Waals surface area (Å²) in [6.45, 7) is 0. The third-order valence-electron chi connectivity index (χ3n) is 2.48. The van der Waals surface area contributed by atoms with Gasteiger partial charge >= 0.3 is 5.97 Å². The summed E-state index contributed by atoms with van der Waals surface area (Å²) >= 11 is 3.17. The molecule has 1 heterocycles. The van der Waals surface area contributed by atoms with E-state index in [9.17, 15) is 9.18 Å². The molecule has 0 bridgehead atoms. The maximum absolute atomic E-state index is 13.6. The maximum atomic E-state index is 13.6. The van der Waals surface area contributed by atoms with Crippen molar-refractivity contribution in [3.05, 3.63) is 34.3 Å². The number of rotatable bonds is 4. The molecule has 0 unspecified atom stereocenters. The van der Waals surface area contributed by atoms with E-state index in [0.717, 1.165) is 0 Å². The van der Waals surface area contributed by atoms with Gasteiger partial charge < -0.3 is 14.8 Å². The average Bonchev–Trinajstić information content (AvgIpc) is 2.70. The van der Waals surface area contributed by atoms with E-state index in [1.165, 1.54) is 19.2 Å². The Balaban J connectivity index is 2.37. The number of nitrogens with zero attached hydrogens (tertiary/aromatic N) is 1. The number of imidazole rings is 1. The van der Waals surface area contributed by atoms with E-state index < -0.39 is 11.8 Å². The number of halogens is 2. The van der Waals surface area contributed by atoms with E-state index in [1.54, 1.807) is 6.07 Å². The Morgan fingerprint density at radius 3 is 2.89 bits per heavy atom. The molecule has 0 fully saturated rings. The third-order valence-corrected chi connectivity index (χ3v) is 3.14. The lowest BCUT2D eigenvalue weighted by molar-refractivity contribution is -0.136. The van der Waals surface area contributed by atoms with Gasteiger partial charge in [0.25, 0.3) is 0 Å². The summed E-state index contributed by atoms with van der Waals surface area (Å²) in [5, 5.41) is 8.74. The number of carboxylic acids is 1. The first-order valence-electron chi connectivity index (χ1n) is 5.31. The quantitative estimate of drug-likeness (QED) is 0.904.